The molecule has 0 bridgehead atoms. The van der Waals surface area contributed by atoms with E-state index in [4.69, 9.17) is 11.6 Å². The SMILES string of the molecule is CCC(C(=O)N1CCCC1)N(c1cccc(Cl)c1)S(C)(=O)=O. The number of amides is 1. The van der Waals surface area contributed by atoms with Gasteiger partial charge >= 0.3 is 0 Å². The summed E-state index contributed by atoms with van der Waals surface area (Å²) < 4.78 is 25.7. The summed E-state index contributed by atoms with van der Waals surface area (Å²) in [6.45, 7) is 3.21. The number of rotatable bonds is 5. The first-order valence-electron chi connectivity index (χ1n) is 7.38. The van der Waals surface area contributed by atoms with E-state index >= 15 is 0 Å². The lowest BCUT2D eigenvalue weighted by molar-refractivity contribution is -0.131. The van der Waals surface area contributed by atoms with E-state index in [0.717, 1.165) is 19.1 Å². The van der Waals surface area contributed by atoms with E-state index in [-0.39, 0.29) is 5.91 Å². The molecule has 0 radical (unpaired) electrons. The van der Waals surface area contributed by atoms with E-state index in [9.17, 15) is 13.2 Å². The van der Waals surface area contributed by atoms with Crippen LogP contribution in [-0.2, 0) is 14.8 Å². The average Bonchev–Trinajstić information content (AvgIpc) is 2.96. The van der Waals surface area contributed by atoms with Gasteiger partial charge in [-0.05, 0) is 37.5 Å². The minimum absolute atomic E-state index is 0.134. The fourth-order valence-electron chi connectivity index (χ4n) is 2.80. The molecule has 1 saturated heterocycles. The van der Waals surface area contributed by atoms with E-state index in [0.29, 0.717) is 30.2 Å². The minimum Gasteiger partial charge on any atom is -0.341 e. The molecule has 5 nitrogen and oxygen atoms in total. The molecule has 0 saturated carbocycles. The number of halogens is 1. The van der Waals surface area contributed by atoms with Crippen LogP contribution in [0.15, 0.2) is 24.3 Å². The van der Waals surface area contributed by atoms with Crippen molar-refractivity contribution in [2.45, 2.75) is 32.2 Å². The third-order valence-corrected chi connectivity index (χ3v) is 5.21. The molecule has 1 atom stereocenters. The first kappa shape index (κ1) is 17.1. The van der Waals surface area contributed by atoms with Crippen LogP contribution in [0.1, 0.15) is 26.2 Å². The quantitative estimate of drug-likeness (QED) is 0.824. The zero-order valence-corrected chi connectivity index (χ0v) is 14.4. The molecular formula is C15H21ClN2O3S. The van der Waals surface area contributed by atoms with Crippen LogP contribution in [0.5, 0.6) is 0 Å². The first-order chi connectivity index (χ1) is 10.3. The zero-order chi connectivity index (χ0) is 16.3. The molecule has 1 aromatic carbocycles. The highest BCUT2D eigenvalue weighted by Gasteiger charge is 2.35. The molecule has 0 spiro atoms. The summed E-state index contributed by atoms with van der Waals surface area (Å²) >= 11 is 5.98. The highest BCUT2D eigenvalue weighted by Crippen LogP contribution is 2.26. The van der Waals surface area contributed by atoms with Crippen LogP contribution in [0.3, 0.4) is 0 Å². The number of likely N-dealkylation sites (tertiary alicyclic amines) is 1. The predicted molar refractivity (Wildman–Crippen MR) is 88.7 cm³/mol. The second kappa shape index (κ2) is 6.87. The topological polar surface area (TPSA) is 57.7 Å². The molecule has 1 fully saturated rings. The molecule has 0 aromatic heterocycles. The number of nitrogens with zero attached hydrogens (tertiary/aromatic N) is 2. The molecule has 7 heteroatoms. The number of sulfonamides is 1. The van der Waals surface area contributed by atoms with Crippen LogP contribution in [0.4, 0.5) is 5.69 Å². The van der Waals surface area contributed by atoms with Crippen molar-refractivity contribution < 1.29 is 13.2 Å². The lowest BCUT2D eigenvalue weighted by Gasteiger charge is -2.32. The minimum atomic E-state index is -3.59. The lowest BCUT2D eigenvalue weighted by Crippen LogP contribution is -2.50. The van der Waals surface area contributed by atoms with Gasteiger partial charge in [-0.2, -0.15) is 0 Å². The highest BCUT2D eigenvalue weighted by atomic mass is 35.5. The summed E-state index contributed by atoms with van der Waals surface area (Å²) in [6, 6.07) is 5.86. The smallest absolute Gasteiger partial charge is 0.246 e. The van der Waals surface area contributed by atoms with Crippen LogP contribution in [0.2, 0.25) is 5.02 Å². The van der Waals surface area contributed by atoms with Gasteiger partial charge in [-0.15, -0.1) is 0 Å². The highest BCUT2D eigenvalue weighted by molar-refractivity contribution is 7.92. The maximum absolute atomic E-state index is 12.7. The predicted octanol–water partition coefficient (Wildman–Crippen LogP) is 2.51. The van der Waals surface area contributed by atoms with Crippen LogP contribution < -0.4 is 4.31 Å². The van der Waals surface area contributed by atoms with Gasteiger partial charge in [0.2, 0.25) is 15.9 Å². The van der Waals surface area contributed by atoms with E-state index < -0.39 is 16.1 Å². The van der Waals surface area contributed by atoms with Crippen molar-refractivity contribution in [3.05, 3.63) is 29.3 Å². The molecule has 2 rings (SSSR count). The van der Waals surface area contributed by atoms with Crippen molar-refractivity contribution in [3.8, 4) is 0 Å². The normalized spacial score (nSPS) is 16.6. The Morgan fingerprint density at radius 2 is 2.00 bits per heavy atom. The van der Waals surface area contributed by atoms with Crippen LogP contribution in [0.25, 0.3) is 0 Å². The van der Waals surface area contributed by atoms with Gasteiger partial charge in [-0.3, -0.25) is 9.10 Å². The fourth-order valence-corrected chi connectivity index (χ4v) is 4.19. The number of hydrogen-bond donors (Lipinski definition) is 0. The van der Waals surface area contributed by atoms with Crippen molar-refractivity contribution in [3.63, 3.8) is 0 Å². The Hall–Kier alpha value is -1.27. The molecule has 22 heavy (non-hydrogen) atoms. The molecule has 1 aromatic rings. The molecule has 1 aliphatic rings. The second-order valence-corrected chi connectivity index (χ2v) is 7.79. The van der Waals surface area contributed by atoms with E-state index in [2.05, 4.69) is 0 Å². The third-order valence-electron chi connectivity index (χ3n) is 3.79. The zero-order valence-electron chi connectivity index (χ0n) is 12.8. The summed E-state index contributed by atoms with van der Waals surface area (Å²) in [4.78, 5) is 14.5. The Morgan fingerprint density at radius 1 is 1.36 bits per heavy atom. The number of hydrogen-bond acceptors (Lipinski definition) is 3. The van der Waals surface area contributed by atoms with Gasteiger partial charge in [-0.25, -0.2) is 8.42 Å². The Balaban J connectivity index is 2.40. The first-order valence-corrected chi connectivity index (χ1v) is 9.61. The lowest BCUT2D eigenvalue weighted by atomic mass is 10.1. The van der Waals surface area contributed by atoms with Crippen molar-refractivity contribution in [2.75, 3.05) is 23.7 Å². The van der Waals surface area contributed by atoms with Gasteiger partial charge < -0.3 is 4.90 Å². The molecule has 0 aliphatic carbocycles. The van der Waals surface area contributed by atoms with Crippen LogP contribution in [0, 0.1) is 0 Å². The van der Waals surface area contributed by atoms with Crippen LogP contribution >= 0.6 is 11.6 Å². The van der Waals surface area contributed by atoms with Gasteiger partial charge in [0.15, 0.2) is 0 Å². The van der Waals surface area contributed by atoms with Crippen LogP contribution in [-0.4, -0.2) is 44.6 Å². The van der Waals surface area contributed by atoms with Gasteiger partial charge in [-0.1, -0.05) is 24.6 Å². The van der Waals surface area contributed by atoms with Crippen molar-refractivity contribution in [2.24, 2.45) is 0 Å². The summed E-state index contributed by atoms with van der Waals surface area (Å²) in [5.74, 6) is -0.134. The number of benzene rings is 1. The average molecular weight is 345 g/mol. The van der Waals surface area contributed by atoms with E-state index in [1.54, 1.807) is 29.2 Å². The summed E-state index contributed by atoms with van der Waals surface area (Å²) in [6.07, 6.45) is 3.47. The van der Waals surface area contributed by atoms with Crippen molar-refractivity contribution >= 4 is 33.2 Å². The third kappa shape index (κ3) is 3.73. The molecule has 1 unspecified atom stereocenters. The van der Waals surface area contributed by atoms with Gasteiger partial charge in [0.25, 0.3) is 0 Å². The summed E-state index contributed by atoms with van der Waals surface area (Å²) in [5.41, 5.74) is 0.425. The maximum atomic E-state index is 12.7. The monoisotopic (exact) mass is 344 g/mol. The molecular weight excluding hydrogens is 324 g/mol. The Kier molecular flexibility index (Phi) is 5.34. The Bertz CT molecular complexity index is 642. The maximum Gasteiger partial charge on any atom is 0.246 e. The summed E-state index contributed by atoms with van der Waals surface area (Å²) in [5, 5.41) is 0.439. The number of anilines is 1. The Morgan fingerprint density at radius 3 is 2.50 bits per heavy atom. The fraction of sp³-hybridized carbons (Fsp3) is 0.533. The van der Waals surface area contributed by atoms with Gasteiger partial charge in [0, 0.05) is 18.1 Å². The molecule has 122 valence electrons. The number of carbonyl (C=O) groups is 1. The summed E-state index contributed by atoms with van der Waals surface area (Å²) in [7, 11) is -3.59. The largest absolute Gasteiger partial charge is 0.341 e. The molecule has 0 N–H and O–H groups in total. The molecule has 1 amide bonds. The molecule has 1 aliphatic heterocycles. The van der Waals surface area contributed by atoms with Crippen molar-refractivity contribution in [1.82, 2.24) is 4.90 Å². The van der Waals surface area contributed by atoms with E-state index in [1.165, 1.54) is 4.31 Å². The van der Waals surface area contributed by atoms with Crippen molar-refractivity contribution in [1.29, 1.82) is 0 Å². The van der Waals surface area contributed by atoms with E-state index in [1.807, 2.05) is 6.92 Å². The van der Waals surface area contributed by atoms with Gasteiger partial charge in [0.1, 0.15) is 6.04 Å². The Labute approximate surface area is 136 Å². The van der Waals surface area contributed by atoms with Gasteiger partial charge in [0.05, 0.1) is 11.9 Å². The standard InChI is InChI=1S/C15H21ClN2O3S/c1-3-14(15(19)17-9-4-5-10-17)18(22(2,20)21)13-8-6-7-12(16)11-13/h6-8,11,14H,3-5,9-10H2,1-2H3. The number of carbonyl (C=O) groups excluding carboxylic acids is 1. The second-order valence-electron chi connectivity index (χ2n) is 5.50. The molecule has 1 heterocycles.